The zero-order valence-electron chi connectivity index (χ0n) is 11.1. The van der Waals surface area contributed by atoms with Crippen LogP contribution in [-0.4, -0.2) is 18.3 Å². The number of rotatable bonds is 5. The monoisotopic (exact) mass is 294 g/mol. The topological polar surface area (TPSA) is 29.5 Å². The molecule has 1 N–H and O–H groups in total. The van der Waals surface area contributed by atoms with Crippen LogP contribution in [-0.2, 0) is 12.8 Å². The number of ether oxygens (including phenoxy) is 1. The molecule has 1 atom stereocenters. The van der Waals surface area contributed by atoms with Crippen LogP contribution in [0.2, 0.25) is 5.02 Å². The number of benzene rings is 2. The van der Waals surface area contributed by atoms with Crippen molar-refractivity contribution in [3.63, 3.8) is 0 Å². The maximum Gasteiger partial charge on any atom is 0.168 e. The van der Waals surface area contributed by atoms with E-state index in [4.69, 9.17) is 16.3 Å². The smallest absolute Gasteiger partial charge is 0.168 e. The molecule has 2 aromatic carbocycles. The van der Waals surface area contributed by atoms with Gasteiger partial charge in [0.15, 0.2) is 11.6 Å². The van der Waals surface area contributed by atoms with Crippen LogP contribution < -0.4 is 4.74 Å². The van der Waals surface area contributed by atoms with E-state index in [0.717, 1.165) is 5.56 Å². The highest BCUT2D eigenvalue weighted by Crippen LogP contribution is 2.23. The van der Waals surface area contributed by atoms with Crippen molar-refractivity contribution < 1.29 is 14.2 Å². The highest BCUT2D eigenvalue weighted by atomic mass is 35.5. The van der Waals surface area contributed by atoms with E-state index in [-0.39, 0.29) is 12.2 Å². The molecule has 0 aliphatic rings. The zero-order valence-corrected chi connectivity index (χ0v) is 11.9. The average Bonchev–Trinajstić information content (AvgIpc) is 2.44. The van der Waals surface area contributed by atoms with E-state index in [1.807, 2.05) is 18.2 Å². The molecule has 0 radical (unpaired) electrons. The number of aliphatic hydroxyl groups is 1. The molecule has 2 rings (SSSR count). The van der Waals surface area contributed by atoms with Gasteiger partial charge in [-0.1, -0.05) is 41.9 Å². The van der Waals surface area contributed by atoms with Gasteiger partial charge in [-0.3, -0.25) is 0 Å². The van der Waals surface area contributed by atoms with Gasteiger partial charge in [-0.25, -0.2) is 4.39 Å². The Kier molecular flexibility index (Phi) is 4.99. The maximum absolute atomic E-state index is 14.0. The van der Waals surface area contributed by atoms with Gasteiger partial charge >= 0.3 is 0 Å². The normalized spacial score (nSPS) is 12.2. The minimum atomic E-state index is -0.698. The van der Waals surface area contributed by atoms with E-state index in [9.17, 15) is 9.50 Å². The molecule has 2 nitrogen and oxygen atoms in total. The Bertz CT molecular complexity index is 586. The van der Waals surface area contributed by atoms with Crippen LogP contribution in [0.1, 0.15) is 11.1 Å². The summed E-state index contributed by atoms with van der Waals surface area (Å²) in [6, 6.07) is 12.2. The molecule has 2 aromatic rings. The maximum atomic E-state index is 14.0. The third-order valence-corrected chi connectivity index (χ3v) is 3.50. The van der Waals surface area contributed by atoms with Gasteiger partial charge in [0.05, 0.1) is 13.2 Å². The third-order valence-electron chi connectivity index (χ3n) is 3.13. The minimum absolute atomic E-state index is 0.187. The molecule has 0 aliphatic carbocycles. The van der Waals surface area contributed by atoms with Gasteiger partial charge in [0.1, 0.15) is 0 Å². The van der Waals surface area contributed by atoms with Crippen LogP contribution in [0.3, 0.4) is 0 Å². The summed E-state index contributed by atoms with van der Waals surface area (Å²) >= 11 is 6.05. The first-order valence-corrected chi connectivity index (χ1v) is 6.72. The Morgan fingerprint density at radius 3 is 2.45 bits per heavy atom. The summed E-state index contributed by atoms with van der Waals surface area (Å²) in [5.41, 5.74) is 1.29. The average molecular weight is 295 g/mol. The second-order valence-electron chi connectivity index (χ2n) is 4.59. The number of hydrogen-bond acceptors (Lipinski definition) is 2. The number of hydrogen-bond donors (Lipinski definition) is 1. The summed E-state index contributed by atoms with van der Waals surface area (Å²) in [5, 5.41) is 10.7. The van der Waals surface area contributed by atoms with Crippen molar-refractivity contribution >= 4 is 11.6 Å². The number of methoxy groups -OCH3 is 1. The molecular formula is C16H16ClFO2. The molecule has 0 spiro atoms. The fraction of sp³-hybridized carbons (Fsp3) is 0.250. The Labute approximate surface area is 122 Å². The summed E-state index contributed by atoms with van der Waals surface area (Å²) in [4.78, 5) is 0. The van der Waals surface area contributed by atoms with E-state index < -0.39 is 11.9 Å². The molecule has 0 heterocycles. The quantitative estimate of drug-likeness (QED) is 0.912. The SMILES string of the molecule is COc1cccc(CC(O)Cc2ccccc2Cl)c1F. The van der Waals surface area contributed by atoms with Gasteiger partial charge in [-0.2, -0.15) is 0 Å². The van der Waals surface area contributed by atoms with Crippen molar-refractivity contribution in [2.75, 3.05) is 7.11 Å². The van der Waals surface area contributed by atoms with Crippen LogP contribution in [0.15, 0.2) is 42.5 Å². The molecule has 0 bridgehead atoms. The lowest BCUT2D eigenvalue weighted by Crippen LogP contribution is -2.15. The van der Waals surface area contributed by atoms with Crippen LogP contribution in [0.25, 0.3) is 0 Å². The summed E-state index contributed by atoms with van der Waals surface area (Å²) in [6.45, 7) is 0. The number of aliphatic hydroxyl groups excluding tert-OH is 1. The summed E-state index contributed by atoms with van der Waals surface area (Å²) in [6.07, 6.45) is -0.0959. The molecule has 0 saturated heterocycles. The first-order valence-electron chi connectivity index (χ1n) is 6.34. The fourth-order valence-corrected chi connectivity index (χ4v) is 2.33. The Morgan fingerprint density at radius 2 is 1.75 bits per heavy atom. The van der Waals surface area contributed by atoms with Gasteiger partial charge in [-0.15, -0.1) is 0 Å². The molecule has 0 saturated carbocycles. The molecule has 0 aliphatic heterocycles. The van der Waals surface area contributed by atoms with Gasteiger partial charge in [0.25, 0.3) is 0 Å². The predicted octanol–water partition coefficient (Wildman–Crippen LogP) is 3.63. The van der Waals surface area contributed by atoms with E-state index >= 15 is 0 Å². The summed E-state index contributed by atoms with van der Waals surface area (Å²) in [5.74, 6) is -0.236. The lowest BCUT2D eigenvalue weighted by Gasteiger charge is -2.13. The third kappa shape index (κ3) is 3.50. The van der Waals surface area contributed by atoms with E-state index in [0.29, 0.717) is 17.0 Å². The van der Waals surface area contributed by atoms with E-state index in [2.05, 4.69) is 0 Å². The van der Waals surface area contributed by atoms with Crippen LogP contribution in [0, 0.1) is 5.82 Å². The van der Waals surface area contributed by atoms with Crippen LogP contribution in [0.5, 0.6) is 5.75 Å². The lowest BCUT2D eigenvalue weighted by atomic mass is 10.0. The second-order valence-corrected chi connectivity index (χ2v) is 4.99. The summed E-state index contributed by atoms with van der Waals surface area (Å²) < 4.78 is 18.9. The van der Waals surface area contributed by atoms with Gasteiger partial charge in [0, 0.05) is 17.9 Å². The van der Waals surface area contributed by atoms with Crippen molar-refractivity contribution in [3.05, 3.63) is 64.4 Å². The predicted molar refractivity (Wildman–Crippen MR) is 77.8 cm³/mol. The van der Waals surface area contributed by atoms with Gasteiger partial charge < -0.3 is 9.84 Å². The zero-order chi connectivity index (χ0) is 14.5. The van der Waals surface area contributed by atoms with Crippen molar-refractivity contribution in [1.29, 1.82) is 0 Å². The molecule has 20 heavy (non-hydrogen) atoms. The second kappa shape index (κ2) is 6.73. The summed E-state index contributed by atoms with van der Waals surface area (Å²) in [7, 11) is 1.42. The Hall–Kier alpha value is -1.58. The van der Waals surface area contributed by atoms with Crippen molar-refractivity contribution in [3.8, 4) is 5.75 Å². The van der Waals surface area contributed by atoms with Crippen molar-refractivity contribution in [2.45, 2.75) is 18.9 Å². The minimum Gasteiger partial charge on any atom is -0.494 e. The molecule has 1 unspecified atom stereocenters. The molecule has 0 amide bonds. The van der Waals surface area contributed by atoms with Crippen molar-refractivity contribution in [1.82, 2.24) is 0 Å². The van der Waals surface area contributed by atoms with Crippen LogP contribution in [0.4, 0.5) is 4.39 Å². The van der Waals surface area contributed by atoms with E-state index in [1.54, 1.807) is 24.3 Å². The van der Waals surface area contributed by atoms with Gasteiger partial charge in [0.2, 0.25) is 0 Å². The standard InChI is InChI=1S/C16H16ClFO2/c1-20-15-8-4-6-12(16(15)18)10-13(19)9-11-5-2-3-7-14(11)17/h2-8,13,19H,9-10H2,1H3. The van der Waals surface area contributed by atoms with Crippen molar-refractivity contribution in [2.24, 2.45) is 0 Å². The molecule has 106 valence electrons. The Morgan fingerprint density at radius 1 is 1.10 bits per heavy atom. The Balaban J connectivity index is 2.09. The highest BCUT2D eigenvalue weighted by molar-refractivity contribution is 6.31. The highest BCUT2D eigenvalue weighted by Gasteiger charge is 2.14. The molecule has 0 fully saturated rings. The fourth-order valence-electron chi connectivity index (χ4n) is 2.12. The largest absolute Gasteiger partial charge is 0.494 e. The number of halogens is 2. The molecule has 4 heteroatoms. The van der Waals surface area contributed by atoms with E-state index in [1.165, 1.54) is 7.11 Å². The first kappa shape index (κ1) is 14.8. The molecular weight excluding hydrogens is 279 g/mol. The first-order chi connectivity index (χ1) is 9.61. The lowest BCUT2D eigenvalue weighted by molar-refractivity contribution is 0.174. The molecule has 0 aromatic heterocycles. The van der Waals surface area contributed by atoms with Crippen LogP contribution >= 0.6 is 11.6 Å². The van der Waals surface area contributed by atoms with Gasteiger partial charge in [-0.05, 0) is 23.3 Å².